The Bertz CT molecular complexity index is 452. The van der Waals surface area contributed by atoms with Crippen molar-refractivity contribution in [2.24, 2.45) is 5.73 Å². The summed E-state index contributed by atoms with van der Waals surface area (Å²) < 4.78 is 5.32. The van der Waals surface area contributed by atoms with Crippen molar-refractivity contribution in [2.75, 3.05) is 27.2 Å². The minimum atomic E-state index is 0.0477. The van der Waals surface area contributed by atoms with Crippen LogP contribution in [0.2, 0.25) is 0 Å². The summed E-state index contributed by atoms with van der Waals surface area (Å²) in [5, 5.41) is 0. The highest BCUT2D eigenvalue weighted by Crippen LogP contribution is 2.31. The van der Waals surface area contributed by atoms with Gasteiger partial charge in [0.15, 0.2) is 0 Å². The standard InChI is InChI=1S/C15H22N2O/c1-11(16)14-5-4-13(18-3)10-15(14)12-6-8-17(2)9-7-12/h4-6,10-11H,7-9,16H2,1-3H3/t11-/m0/s1. The summed E-state index contributed by atoms with van der Waals surface area (Å²) >= 11 is 0. The minimum Gasteiger partial charge on any atom is -0.497 e. The van der Waals surface area contributed by atoms with E-state index >= 15 is 0 Å². The molecule has 1 aliphatic heterocycles. The van der Waals surface area contributed by atoms with E-state index in [0.29, 0.717) is 0 Å². The monoisotopic (exact) mass is 246 g/mol. The first-order valence-electron chi connectivity index (χ1n) is 6.43. The summed E-state index contributed by atoms with van der Waals surface area (Å²) in [5.41, 5.74) is 9.90. The van der Waals surface area contributed by atoms with Gasteiger partial charge in [-0.15, -0.1) is 0 Å². The molecule has 0 bridgehead atoms. The van der Waals surface area contributed by atoms with E-state index in [4.69, 9.17) is 10.5 Å². The van der Waals surface area contributed by atoms with E-state index in [9.17, 15) is 0 Å². The molecule has 0 fully saturated rings. The van der Waals surface area contributed by atoms with Gasteiger partial charge >= 0.3 is 0 Å². The number of methoxy groups -OCH3 is 1. The maximum atomic E-state index is 6.06. The van der Waals surface area contributed by atoms with Crippen LogP contribution in [0.25, 0.3) is 5.57 Å². The van der Waals surface area contributed by atoms with Gasteiger partial charge in [-0.1, -0.05) is 12.1 Å². The first kappa shape index (κ1) is 13.1. The van der Waals surface area contributed by atoms with E-state index in [1.165, 1.54) is 16.7 Å². The quantitative estimate of drug-likeness (QED) is 0.890. The van der Waals surface area contributed by atoms with Gasteiger partial charge in [-0.25, -0.2) is 0 Å². The largest absolute Gasteiger partial charge is 0.497 e. The number of benzene rings is 1. The Kier molecular flexibility index (Phi) is 4.04. The van der Waals surface area contributed by atoms with Crippen molar-refractivity contribution >= 4 is 5.57 Å². The van der Waals surface area contributed by atoms with Crippen molar-refractivity contribution in [3.05, 3.63) is 35.4 Å². The zero-order chi connectivity index (χ0) is 13.1. The first-order valence-corrected chi connectivity index (χ1v) is 6.43. The van der Waals surface area contributed by atoms with Crippen LogP contribution in [0.15, 0.2) is 24.3 Å². The van der Waals surface area contributed by atoms with Crippen LogP contribution in [0.3, 0.4) is 0 Å². The van der Waals surface area contributed by atoms with Gasteiger partial charge < -0.3 is 15.4 Å². The molecule has 0 spiro atoms. The molecule has 1 aromatic rings. The number of likely N-dealkylation sites (N-methyl/N-ethyl adjacent to an activating group) is 1. The fraction of sp³-hybridized carbons (Fsp3) is 0.467. The summed E-state index contributed by atoms with van der Waals surface area (Å²) in [6.07, 6.45) is 3.37. The molecule has 0 unspecified atom stereocenters. The van der Waals surface area contributed by atoms with Gasteiger partial charge in [0, 0.05) is 19.1 Å². The summed E-state index contributed by atoms with van der Waals surface area (Å²) in [4.78, 5) is 2.31. The van der Waals surface area contributed by atoms with Crippen LogP contribution < -0.4 is 10.5 Å². The summed E-state index contributed by atoms with van der Waals surface area (Å²) in [7, 11) is 3.85. The number of nitrogens with zero attached hydrogens (tertiary/aromatic N) is 1. The Morgan fingerprint density at radius 1 is 1.39 bits per heavy atom. The Labute approximate surface area is 109 Å². The third-order valence-corrected chi connectivity index (χ3v) is 3.51. The average Bonchev–Trinajstić information content (AvgIpc) is 2.38. The van der Waals surface area contributed by atoms with Crippen molar-refractivity contribution in [3.8, 4) is 5.75 Å². The third-order valence-electron chi connectivity index (χ3n) is 3.51. The molecule has 1 aromatic carbocycles. The number of hydrogen-bond donors (Lipinski definition) is 1. The molecule has 2 N–H and O–H groups in total. The van der Waals surface area contributed by atoms with Crippen LogP contribution in [0.5, 0.6) is 5.75 Å². The summed E-state index contributed by atoms with van der Waals surface area (Å²) in [5.74, 6) is 0.897. The van der Waals surface area contributed by atoms with E-state index in [1.54, 1.807) is 7.11 Å². The van der Waals surface area contributed by atoms with Crippen LogP contribution in [-0.2, 0) is 0 Å². The molecule has 1 aliphatic rings. The molecule has 0 aliphatic carbocycles. The second-order valence-corrected chi connectivity index (χ2v) is 4.98. The maximum Gasteiger partial charge on any atom is 0.119 e. The van der Waals surface area contributed by atoms with E-state index in [2.05, 4.69) is 30.2 Å². The van der Waals surface area contributed by atoms with Gasteiger partial charge in [-0.3, -0.25) is 0 Å². The lowest BCUT2D eigenvalue weighted by molar-refractivity contribution is 0.369. The van der Waals surface area contributed by atoms with Gasteiger partial charge in [0.2, 0.25) is 0 Å². The normalized spacial score (nSPS) is 18.3. The van der Waals surface area contributed by atoms with Gasteiger partial charge in [-0.05, 0) is 49.2 Å². The summed E-state index contributed by atoms with van der Waals surface area (Å²) in [6.45, 7) is 4.13. The smallest absolute Gasteiger partial charge is 0.119 e. The predicted octanol–water partition coefficient (Wildman–Crippen LogP) is 2.43. The van der Waals surface area contributed by atoms with E-state index in [-0.39, 0.29) is 6.04 Å². The molecule has 0 saturated heterocycles. The minimum absolute atomic E-state index is 0.0477. The van der Waals surface area contributed by atoms with Crippen molar-refractivity contribution in [1.29, 1.82) is 0 Å². The molecule has 98 valence electrons. The van der Waals surface area contributed by atoms with Crippen molar-refractivity contribution in [1.82, 2.24) is 4.90 Å². The van der Waals surface area contributed by atoms with Gasteiger partial charge in [-0.2, -0.15) is 0 Å². The molecular weight excluding hydrogens is 224 g/mol. The number of hydrogen-bond acceptors (Lipinski definition) is 3. The molecule has 2 rings (SSSR count). The Balaban J connectivity index is 2.40. The summed E-state index contributed by atoms with van der Waals surface area (Å²) in [6, 6.07) is 6.22. The second-order valence-electron chi connectivity index (χ2n) is 4.98. The zero-order valence-corrected chi connectivity index (χ0v) is 11.4. The Hall–Kier alpha value is -1.32. The van der Waals surface area contributed by atoms with Crippen LogP contribution in [0, 0.1) is 0 Å². The molecule has 3 heteroatoms. The Morgan fingerprint density at radius 3 is 2.72 bits per heavy atom. The van der Waals surface area contributed by atoms with Crippen LogP contribution >= 0.6 is 0 Å². The van der Waals surface area contributed by atoms with Crippen molar-refractivity contribution in [2.45, 2.75) is 19.4 Å². The van der Waals surface area contributed by atoms with Crippen LogP contribution in [0.4, 0.5) is 0 Å². The van der Waals surface area contributed by atoms with E-state index < -0.39 is 0 Å². The molecule has 0 saturated carbocycles. The van der Waals surface area contributed by atoms with Gasteiger partial charge in [0.25, 0.3) is 0 Å². The van der Waals surface area contributed by atoms with Crippen LogP contribution in [-0.4, -0.2) is 32.1 Å². The van der Waals surface area contributed by atoms with E-state index in [1.807, 2.05) is 13.0 Å². The first-order chi connectivity index (χ1) is 8.61. The third kappa shape index (κ3) is 2.74. The zero-order valence-electron chi connectivity index (χ0n) is 11.4. The van der Waals surface area contributed by atoms with Crippen molar-refractivity contribution < 1.29 is 4.74 Å². The Morgan fingerprint density at radius 2 is 2.17 bits per heavy atom. The number of ether oxygens (including phenoxy) is 1. The topological polar surface area (TPSA) is 38.5 Å². The number of rotatable bonds is 3. The fourth-order valence-electron chi connectivity index (χ4n) is 2.35. The average molecular weight is 246 g/mol. The lowest BCUT2D eigenvalue weighted by Crippen LogP contribution is -2.24. The fourth-order valence-corrected chi connectivity index (χ4v) is 2.35. The lowest BCUT2D eigenvalue weighted by Gasteiger charge is -2.24. The SMILES string of the molecule is COc1ccc([C@H](C)N)c(C2=CCN(C)CC2)c1. The predicted molar refractivity (Wildman–Crippen MR) is 75.7 cm³/mol. The number of nitrogens with two attached hydrogens (primary N) is 1. The van der Waals surface area contributed by atoms with Crippen molar-refractivity contribution in [3.63, 3.8) is 0 Å². The molecule has 3 nitrogen and oxygen atoms in total. The van der Waals surface area contributed by atoms with Gasteiger partial charge in [0.05, 0.1) is 7.11 Å². The molecule has 0 amide bonds. The maximum absolute atomic E-state index is 6.06. The highest BCUT2D eigenvalue weighted by molar-refractivity contribution is 5.71. The molecule has 1 heterocycles. The molecule has 0 aromatic heterocycles. The molecule has 18 heavy (non-hydrogen) atoms. The second kappa shape index (κ2) is 5.55. The molecule has 0 radical (unpaired) electrons. The highest BCUT2D eigenvalue weighted by Gasteiger charge is 2.15. The van der Waals surface area contributed by atoms with E-state index in [0.717, 1.165) is 25.3 Å². The molecule has 1 atom stereocenters. The van der Waals surface area contributed by atoms with Gasteiger partial charge in [0.1, 0.15) is 5.75 Å². The van der Waals surface area contributed by atoms with Crippen LogP contribution in [0.1, 0.15) is 30.5 Å². The highest BCUT2D eigenvalue weighted by atomic mass is 16.5. The molecular formula is C15H22N2O. The lowest BCUT2D eigenvalue weighted by atomic mass is 9.92.